The molecule has 0 fully saturated rings. The average Bonchev–Trinajstić information content (AvgIpc) is 2.54. The van der Waals surface area contributed by atoms with Gasteiger partial charge in [-0.1, -0.05) is 12.1 Å². The third-order valence-corrected chi connectivity index (χ3v) is 3.18. The predicted molar refractivity (Wildman–Crippen MR) is 83.9 cm³/mol. The van der Waals surface area contributed by atoms with Crippen LogP contribution in [-0.2, 0) is 0 Å². The molecule has 2 aromatic rings. The minimum atomic E-state index is -0.337. The predicted octanol–water partition coefficient (Wildman–Crippen LogP) is 3.16. The topological polar surface area (TPSA) is 64.6 Å². The lowest BCUT2D eigenvalue weighted by molar-refractivity contribution is 0.101. The first-order valence-electron chi connectivity index (χ1n) is 6.69. The summed E-state index contributed by atoms with van der Waals surface area (Å²) >= 11 is 0. The molecule has 0 unspecified atom stereocenters. The van der Waals surface area contributed by atoms with Gasteiger partial charge in [0.25, 0.3) is 5.91 Å². The molecule has 1 N–H and O–H groups in total. The average molecular weight is 299 g/mol. The molecule has 5 heteroatoms. The van der Waals surface area contributed by atoms with E-state index in [1.165, 1.54) is 21.1 Å². The summed E-state index contributed by atoms with van der Waals surface area (Å²) in [5.74, 6) is 0.607. The van der Waals surface area contributed by atoms with Gasteiger partial charge in [-0.3, -0.25) is 9.59 Å². The van der Waals surface area contributed by atoms with Gasteiger partial charge in [-0.25, -0.2) is 0 Å². The van der Waals surface area contributed by atoms with E-state index in [1.54, 1.807) is 42.5 Å². The lowest BCUT2D eigenvalue weighted by atomic mass is 10.1. The van der Waals surface area contributed by atoms with Crippen molar-refractivity contribution in [2.45, 2.75) is 6.92 Å². The molecule has 0 bridgehead atoms. The Hall–Kier alpha value is -2.82. The standard InChI is InChI=1S/C17H17NO4/c1-11(19)12-5-4-6-13(9-12)18-17(20)15-10-14(21-2)7-8-16(15)22-3/h4-10H,1-3H3,(H,18,20). The quantitative estimate of drug-likeness (QED) is 0.861. The first kappa shape index (κ1) is 15.6. The van der Waals surface area contributed by atoms with Crippen LogP contribution in [0.5, 0.6) is 11.5 Å². The Labute approximate surface area is 128 Å². The van der Waals surface area contributed by atoms with E-state index >= 15 is 0 Å². The van der Waals surface area contributed by atoms with Gasteiger partial charge in [0.2, 0.25) is 0 Å². The number of ether oxygens (including phenoxy) is 2. The van der Waals surface area contributed by atoms with Crippen LogP contribution in [0.2, 0.25) is 0 Å². The highest BCUT2D eigenvalue weighted by Gasteiger charge is 2.14. The van der Waals surface area contributed by atoms with Gasteiger partial charge in [-0.05, 0) is 37.3 Å². The lowest BCUT2D eigenvalue weighted by Gasteiger charge is -2.11. The molecule has 0 aliphatic heterocycles. The van der Waals surface area contributed by atoms with Crippen molar-refractivity contribution in [3.63, 3.8) is 0 Å². The summed E-state index contributed by atoms with van der Waals surface area (Å²) in [5, 5.41) is 2.75. The maximum atomic E-state index is 12.4. The Morgan fingerprint density at radius 3 is 2.41 bits per heavy atom. The van der Waals surface area contributed by atoms with Crippen molar-refractivity contribution in [1.82, 2.24) is 0 Å². The summed E-state index contributed by atoms with van der Waals surface area (Å²) in [6, 6.07) is 11.7. The Balaban J connectivity index is 2.29. The SMILES string of the molecule is COc1ccc(OC)c(C(=O)Nc2cccc(C(C)=O)c2)c1. The van der Waals surface area contributed by atoms with Crippen molar-refractivity contribution < 1.29 is 19.1 Å². The fourth-order valence-electron chi connectivity index (χ4n) is 2.01. The molecule has 0 saturated carbocycles. The minimum Gasteiger partial charge on any atom is -0.497 e. The molecule has 0 radical (unpaired) electrons. The Bertz CT molecular complexity index is 710. The number of nitrogens with one attached hydrogen (secondary N) is 1. The fourth-order valence-corrected chi connectivity index (χ4v) is 2.01. The van der Waals surface area contributed by atoms with Crippen LogP contribution in [0, 0.1) is 0 Å². The van der Waals surface area contributed by atoms with Crippen LogP contribution in [0.1, 0.15) is 27.6 Å². The van der Waals surface area contributed by atoms with E-state index < -0.39 is 0 Å². The van der Waals surface area contributed by atoms with Gasteiger partial charge < -0.3 is 14.8 Å². The number of Topliss-reactive ketones (excluding diaryl/α,β-unsaturated/α-hetero) is 1. The van der Waals surface area contributed by atoms with E-state index in [1.807, 2.05) is 0 Å². The second-order valence-electron chi connectivity index (χ2n) is 4.66. The van der Waals surface area contributed by atoms with Gasteiger partial charge in [0.15, 0.2) is 5.78 Å². The summed E-state index contributed by atoms with van der Waals surface area (Å²) in [6.45, 7) is 1.48. The highest BCUT2D eigenvalue weighted by molar-refractivity contribution is 6.07. The summed E-state index contributed by atoms with van der Waals surface area (Å²) in [4.78, 5) is 23.8. The third-order valence-electron chi connectivity index (χ3n) is 3.18. The highest BCUT2D eigenvalue weighted by Crippen LogP contribution is 2.25. The van der Waals surface area contributed by atoms with Crippen molar-refractivity contribution in [3.05, 3.63) is 53.6 Å². The second-order valence-corrected chi connectivity index (χ2v) is 4.66. The molecule has 22 heavy (non-hydrogen) atoms. The van der Waals surface area contributed by atoms with Crippen LogP contribution >= 0.6 is 0 Å². The molecule has 2 rings (SSSR count). The van der Waals surface area contributed by atoms with Gasteiger partial charge in [-0.2, -0.15) is 0 Å². The molecule has 0 spiro atoms. The second kappa shape index (κ2) is 6.76. The van der Waals surface area contributed by atoms with E-state index in [9.17, 15) is 9.59 Å². The first-order chi connectivity index (χ1) is 10.5. The number of hydrogen-bond donors (Lipinski definition) is 1. The number of rotatable bonds is 5. The normalized spacial score (nSPS) is 9.95. The zero-order valence-corrected chi connectivity index (χ0v) is 12.7. The van der Waals surface area contributed by atoms with Crippen LogP contribution in [0.4, 0.5) is 5.69 Å². The number of benzene rings is 2. The van der Waals surface area contributed by atoms with Crippen molar-refractivity contribution >= 4 is 17.4 Å². The lowest BCUT2D eigenvalue weighted by Crippen LogP contribution is -2.13. The molecule has 114 valence electrons. The van der Waals surface area contributed by atoms with Crippen molar-refractivity contribution in [2.24, 2.45) is 0 Å². The number of amides is 1. The minimum absolute atomic E-state index is 0.0601. The van der Waals surface area contributed by atoms with Crippen molar-refractivity contribution in [2.75, 3.05) is 19.5 Å². The number of anilines is 1. The molecule has 1 amide bonds. The first-order valence-corrected chi connectivity index (χ1v) is 6.69. The van der Waals surface area contributed by atoms with E-state index in [4.69, 9.17) is 9.47 Å². The molecule has 5 nitrogen and oxygen atoms in total. The van der Waals surface area contributed by atoms with E-state index in [0.717, 1.165) is 0 Å². The van der Waals surface area contributed by atoms with Crippen LogP contribution in [0.15, 0.2) is 42.5 Å². The third kappa shape index (κ3) is 3.44. The molecule has 0 aliphatic rings. The van der Waals surface area contributed by atoms with Crippen molar-refractivity contribution in [1.29, 1.82) is 0 Å². The van der Waals surface area contributed by atoms with Crippen molar-refractivity contribution in [3.8, 4) is 11.5 Å². The van der Waals surface area contributed by atoms with Gasteiger partial charge in [0, 0.05) is 11.3 Å². The van der Waals surface area contributed by atoms with Gasteiger partial charge >= 0.3 is 0 Å². The summed E-state index contributed by atoms with van der Waals surface area (Å²) < 4.78 is 10.3. The molecule has 0 saturated heterocycles. The largest absolute Gasteiger partial charge is 0.497 e. The smallest absolute Gasteiger partial charge is 0.259 e. The summed E-state index contributed by atoms with van der Waals surface area (Å²) in [7, 11) is 3.02. The molecule has 0 atom stereocenters. The zero-order chi connectivity index (χ0) is 16.1. The van der Waals surface area contributed by atoms with Crippen LogP contribution in [0.3, 0.4) is 0 Å². The molecule has 0 aromatic heterocycles. The molecular formula is C17H17NO4. The number of carbonyl (C=O) groups excluding carboxylic acids is 2. The van der Waals surface area contributed by atoms with Gasteiger partial charge in [0.1, 0.15) is 11.5 Å². The molecule has 0 heterocycles. The zero-order valence-electron chi connectivity index (χ0n) is 12.7. The highest BCUT2D eigenvalue weighted by atomic mass is 16.5. The van der Waals surface area contributed by atoms with Crippen LogP contribution in [-0.4, -0.2) is 25.9 Å². The van der Waals surface area contributed by atoms with E-state index in [-0.39, 0.29) is 11.7 Å². The maximum Gasteiger partial charge on any atom is 0.259 e. The Morgan fingerprint density at radius 1 is 1.00 bits per heavy atom. The summed E-state index contributed by atoms with van der Waals surface area (Å²) in [6.07, 6.45) is 0. The van der Waals surface area contributed by atoms with Gasteiger partial charge in [-0.15, -0.1) is 0 Å². The molecular weight excluding hydrogens is 282 g/mol. The number of methoxy groups -OCH3 is 2. The van der Waals surface area contributed by atoms with Gasteiger partial charge in [0.05, 0.1) is 19.8 Å². The molecule has 0 aliphatic carbocycles. The maximum absolute atomic E-state index is 12.4. The Kier molecular flexibility index (Phi) is 4.78. The summed E-state index contributed by atoms with van der Waals surface area (Å²) in [5.41, 5.74) is 1.44. The fraction of sp³-hybridized carbons (Fsp3) is 0.176. The van der Waals surface area contributed by atoms with E-state index in [2.05, 4.69) is 5.32 Å². The molecule has 2 aromatic carbocycles. The number of hydrogen-bond acceptors (Lipinski definition) is 4. The number of ketones is 1. The number of carbonyl (C=O) groups is 2. The van der Waals surface area contributed by atoms with Crippen LogP contribution < -0.4 is 14.8 Å². The van der Waals surface area contributed by atoms with E-state index in [0.29, 0.717) is 28.3 Å². The van der Waals surface area contributed by atoms with Crippen LogP contribution in [0.25, 0.3) is 0 Å². The Morgan fingerprint density at radius 2 is 1.77 bits per heavy atom. The monoisotopic (exact) mass is 299 g/mol.